The number of rotatable bonds is 6. The van der Waals surface area contributed by atoms with Crippen LogP contribution in [0.3, 0.4) is 0 Å². The van der Waals surface area contributed by atoms with Crippen LogP contribution in [0.1, 0.15) is 40.5 Å². The van der Waals surface area contributed by atoms with Crippen molar-refractivity contribution in [3.05, 3.63) is 40.7 Å². The second-order valence-electron chi connectivity index (χ2n) is 7.49. The fourth-order valence-corrected chi connectivity index (χ4v) is 4.12. The number of ether oxygens (including phenoxy) is 2. The Morgan fingerprint density at radius 1 is 1.48 bits per heavy atom. The molecule has 0 bridgehead atoms. The van der Waals surface area contributed by atoms with Crippen molar-refractivity contribution in [2.75, 3.05) is 13.7 Å². The number of methoxy groups -OCH3 is 1. The third kappa shape index (κ3) is 3.51. The third-order valence-electron chi connectivity index (χ3n) is 5.46. The number of nitrogens with zero attached hydrogens (tertiary/aromatic N) is 2. The fraction of sp³-hybridized carbons (Fsp3) is 0.500. The highest BCUT2D eigenvalue weighted by molar-refractivity contribution is 5.93. The molecule has 1 amide bonds. The van der Waals surface area contributed by atoms with Crippen molar-refractivity contribution in [1.82, 2.24) is 15.1 Å². The van der Waals surface area contributed by atoms with E-state index in [1.807, 2.05) is 4.68 Å². The zero-order chi connectivity index (χ0) is 19.0. The predicted octanol–water partition coefficient (Wildman–Crippen LogP) is 1.67. The molecule has 0 saturated heterocycles. The fourth-order valence-electron chi connectivity index (χ4n) is 4.12. The molecular formula is C20H26N4O3. The number of amides is 1. The van der Waals surface area contributed by atoms with Crippen LogP contribution in [0.5, 0.6) is 11.5 Å². The molecule has 0 radical (unpaired) electrons. The van der Waals surface area contributed by atoms with Gasteiger partial charge in [0, 0.05) is 37.2 Å². The molecule has 4 rings (SSSR count). The van der Waals surface area contributed by atoms with Crippen LogP contribution >= 0.6 is 0 Å². The van der Waals surface area contributed by atoms with Gasteiger partial charge in [-0.2, -0.15) is 5.10 Å². The number of hydrogen-bond acceptors (Lipinski definition) is 5. The first-order valence-electron chi connectivity index (χ1n) is 9.46. The summed E-state index contributed by atoms with van der Waals surface area (Å²) in [6.07, 6.45) is 4.57. The largest absolute Gasteiger partial charge is 0.497 e. The second-order valence-corrected chi connectivity index (χ2v) is 7.49. The first-order chi connectivity index (χ1) is 13.0. The number of hydrogen-bond donors (Lipinski definition) is 2. The smallest absolute Gasteiger partial charge is 0.252 e. The normalized spacial score (nSPS) is 20.7. The Morgan fingerprint density at radius 2 is 2.33 bits per heavy atom. The molecule has 3 N–H and O–H groups in total. The first-order valence-corrected chi connectivity index (χ1v) is 9.46. The lowest BCUT2D eigenvalue weighted by Gasteiger charge is -2.24. The Balaban J connectivity index is 1.38. The van der Waals surface area contributed by atoms with Crippen molar-refractivity contribution >= 4 is 5.91 Å². The van der Waals surface area contributed by atoms with Gasteiger partial charge in [-0.1, -0.05) is 0 Å². The maximum Gasteiger partial charge on any atom is 0.252 e. The van der Waals surface area contributed by atoms with E-state index in [-0.39, 0.29) is 6.10 Å². The minimum atomic E-state index is -0.395. The molecule has 0 aliphatic carbocycles. The van der Waals surface area contributed by atoms with E-state index in [0.29, 0.717) is 11.5 Å². The van der Waals surface area contributed by atoms with Gasteiger partial charge in [0.25, 0.3) is 5.91 Å². The van der Waals surface area contributed by atoms with Crippen molar-refractivity contribution in [2.24, 2.45) is 11.7 Å². The van der Waals surface area contributed by atoms with E-state index >= 15 is 0 Å². The highest BCUT2D eigenvalue weighted by atomic mass is 16.5. The molecule has 2 aliphatic rings. The molecule has 3 heterocycles. The Bertz CT molecular complexity index is 861. The minimum Gasteiger partial charge on any atom is -0.497 e. The van der Waals surface area contributed by atoms with Gasteiger partial charge in [0.1, 0.15) is 17.6 Å². The molecule has 0 fully saturated rings. The van der Waals surface area contributed by atoms with Crippen molar-refractivity contribution in [3.63, 3.8) is 0 Å². The van der Waals surface area contributed by atoms with Crippen molar-refractivity contribution in [2.45, 2.75) is 45.4 Å². The number of nitrogens with two attached hydrogens (primary N) is 1. The number of carbonyl (C=O) groups excluding carboxylic acids is 1. The second kappa shape index (κ2) is 7.23. The summed E-state index contributed by atoms with van der Waals surface area (Å²) in [6, 6.07) is 4.12. The summed E-state index contributed by atoms with van der Waals surface area (Å²) in [7, 11) is 1.70. The molecule has 144 valence electrons. The molecule has 2 aliphatic heterocycles. The zero-order valence-electron chi connectivity index (χ0n) is 15.8. The summed E-state index contributed by atoms with van der Waals surface area (Å²) in [4.78, 5) is 11.4. The van der Waals surface area contributed by atoms with Gasteiger partial charge in [0.15, 0.2) is 0 Å². The van der Waals surface area contributed by atoms with E-state index in [2.05, 4.69) is 29.5 Å². The Kier molecular flexibility index (Phi) is 4.78. The number of primary amides is 1. The summed E-state index contributed by atoms with van der Waals surface area (Å²) < 4.78 is 13.4. The predicted molar refractivity (Wildman–Crippen MR) is 101 cm³/mol. The van der Waals surface area contributed by atoms with Crippen molar-refractivity contribution in [1.29, 1.82) is 0 Å². The van der Waals surface area contributed by atoms with Gasteiger partial charge in [-0.25, -0.2) is 0 Å². The van der Waals surface area contributed by atoms with E-state index in [4.69, 9.17) is 15.2 Å². The summed E-state index contributed by atoms with van der Waals surface area (Å²) >= 11 is 0. The molecule has 0 unspecified atom stereocenters. The highest BCUT2D eigenvalue weighted by Gasteiger charge is 2.25. The van der Waals surface area contributed by atoms with Crippen LogP contribution < -0.4 is 20.5 Å². The standard InChI is InChI=1S/C20H26N4O3/c1-12-5-14-6-16(26-2)7-15(19(14)27-12)9-22-8-13-3-4-18-17(20(21)25)10-23-24(18)11-13/h6-7,10,12-13,22H,3-5,8-9,11H2,1-2H3,(H2,21,25)/t12-,13-/m0/s1. The third-order valence-corrected chi connectivity index (χ3v) is 5.46. The number of fused-ring (bicyclic) bond motifs is 2. The van der Waals surface area contributed by atoms with E-state index in [1.165, 1.54) is 5.56 Å². The number of aromatic nitrogens is 2. The van der Waals surface area contributed by atoms with Crippen LogP contribution in [0.2, 0.25) is 0 Å². The Morgan fingerprint density at radius 3 is 3.11 bits per heavy atom. The minimum absolute atomic E-state index is 0.210. The maximum absolute atomic E-state index is 11.4. The molecule has 0 saturated carbocycles. The van der Waals surface area contributed by atoms with Gasteiger partial charge < -0.3 is 20.5 Å². The zero-order valence-corrected chi connectivity index (χ0v) is 15.8. The summed E-state index contributed by atoms with van der Waals surface area (Å²) in [5.74, 6) is 1.95. The lowest BCUT2D eigenvalue weighted by atomic mass is 9.96. The average Bonchev–Trinajstić information content (AvgIpc) is 3.23. The molecular weight excluding hydrogens is 344 g/mol. The van der Waals surface area contributed by atoms with Gasteiger partial charge in [-0.05, 0) is 37.8 Å². The summed E-state index contributed by atoms with van der Waals surface area (Å²) in [6.45, 7) is 4.51. The number of carbonyl (C=O) groups is 1. The van der Waals surface area contributed by atoms with Gasteiger partial charge in [0.2, 0.25) is 0 Å². The van der Waals surface area contributed by atoms with E-state index in [9.17, 15) is 4.79 Å². The summed E-state index contributed by atoms with van der Waals surface area (Å²) in [5, 5.41) is 7.88. The van der Waals surface area contributed by atoms with Crippen LogP contribution in [-0.2, 0) is 25.9 Å². The quantitative estimate of drug-likeness (QED) is 0.807. The monoisotopic (exact) mass is 370 g/mol. The first kappa shape index (κ1) is 17.9. The molecule has 1 aromatic heterocycles. The maximum atomic E-state index is 11.4. The average molecular weight is 370 g/mol. The van der Waals surface area contributed by atoms with Gasteiger partial charge >= 0.3 is 0 Å². The van der Waals surface area contributed by atoms with Crippen LogP contribution in [0.25, 0.3) is 0 Å². The molecule has 7 nitrogen and oxygen atoms in total. The molecule has 2 atom stereocenters. The Labute approximate surface area is 158 Å². The van der Waals surface area contributed by atoms with E-state index in [0.717, 1.165) is 61.7 Å². The van der Waals surface area contributed by atoms with E-state index < -0.39 is 5.91 Å². The van der Waals surface area contributed by atoms with Crippen LogP contribution in [0.4, 0.5) is 0 Å². The topological polar surface area (TPSA) is 91.4 Å². The van der Waals surface area contributed by atoms with Gasteiger partial charge in [-0.15, -0.1) is 0 Å². The van der Waals surface area contributed by atoms with Crippen LogP contribution in [0, 0.1) is 5.92 Å². The summed E-state index contributed by atoms with van der Waals surface area (Å²) in [5.41, 5.74) is 9.29. The number of benzene rings is 1. The lowest BCUT2D eigenvalue weighted by Crippen LogP contribution is -2.31. The Hall–Kier alpha value is -2.54. The van der Waals surface area contributed by atoms with Crippen molar-refractivity contribution < 1.29 is 14.3 Å². The SMILES string of the molecule is COc1cc(CNC[C@@H]2CCc3c(C(N)=O)cnn3C2)c2c(c1)C[C@H](C)O2. The number of nitrogens with one attached hydrogen (secondary N) is 1. The molecule has 7 heteroatoms. The molecule has 2 aromatic rings. The molecule has 1 aromatic carbocycles. The molecule has 27 heavy (non-hydrogen) atoms. The van der Waals surface area contributed by atoms with Gasteiger partial charge in [-0.3, -0.25) is 9.48 Å². The highest BCUT2D eigenvalue weighted by Crippen LogP contribution is 2.36. The lowest BCUT2D eigenvalue weighted by molar-refractivity contribution is 0.0998. The van der Waals surface area contributed by atoms with Crippen LogP contribution in [-0.4, -0.2) is 35.4 Å². The van der Waals surface area contributed by atoms with Crippen molar-refractivity contribution in [3.8, 4) is 11.5 Å². The van der Waals surface area contributed by atoms with E-state index in [1.54, 1.807) is 13.3 Å². The molecule has 0 spiro atoms. The van der Waals surface area contributed by atoms with Crippen LogP contribution in [0.15, 0.2) is 18.3 Å². The van der Waals surface area contributed by atoms with Gasteiger partial charge in [0.05, 0.1) is 24.6 Å².